The van der Waals surface area contributed by atoms with E-state index < -0.39 is 17.7 Å². The van der Waals surface area contributed by atoms with E-state index in [-0.39, 0.29) is 20.4 Å². The fourth-order valence-electron chi connectivity index (χ4n) is 3.02. The van der Waals surface area contributed by atoms with Crippen LogP contribution in [0, 0.1) is 0 Å². The fourth-order valence-corrected chi connectivity index (χ4v) is 3.27. The van der Waals surface area contributed by atoms with Crippen LogP contribution < -0.4 is 0 Å². The van der Waals surface area contributed by atoms with Crippen LogP contribution in [0.2, 0.25) is 0 Å². The van der Waals surface area contributed by atoms with E-state index in [4.69, 9.17) is 0 Å². The summed E-state index contributed by atoms with van der Waals surface area (Å²) in [6, 6.07) is 12.0. The molecular weight excluding hydrogens is 420 g/mol. The molecule has 0 spiro atoms. The molecule has 0 saturated carbocycles. The van der Waals surface area contributed by atoms with Crippen LogP contribution in [0.3, 0.4) is 0 Å². The van der Waals surface area contributed by atoms with Gasteiger partial charge in [-0.05, 0) is 16.8 Å². The van der Waals surface area contributed by atoms with Crippen LogP contribution in [-0.4, -0.2) is 86.5 Å². The van der Waals surface area contributed by atoms with Crippen LogP contribution in [0.1, 0.15) is 25.2 Å². The minimum atomic E-state index is -4.67. The average molecular weight is 458 g/mol. The smallest absolute Gasteiger partial charge is 0.494 e. The Morgan fingerprint density at radius 1 is 0.935 bits per heavy atom. The molecule has 0 fully saturated rings. The molecule has 2 aromatic carbocycles. The topological polar surface area (TPSA) is 26.3 Å². The van der Waals surface area contributed by atoms with Crippen molar-refractivity contribution in [1.29, 1.82) is 0 Å². The molecule has 0 saturated heterocycles. The van der Waals surface area contributed by atoms with Gasteiger partial charge in [0.05, 0.1) is 42.3 Å². The SMILES string of the molecule is C.C.C[N+](C)(C)C[N+](C)(C)C.O=C(C=C([O][AlH])C(F)(F)F)c1ccc2ccccc2c1. The summed E-state index contributed by atoms with van der Waals surface area (Å²) in [4.78, 5) is 11.9. The van der Waals surface area contributed by atoms with Gasteiger partial charge in [-0.2, -0.15) is 13.2 Å². The predicted octanol–water partition coefficient (Wildman–Crippen LogP) is 4.93. The highest BCUT2D eigenvalue weighted by atomic mass is 27.1. The number of carbonyl (C=O) groups is 1. The first-order valence-electron chi connectivity index (χ1n) is 8.97. The molecule has 4 nitrogen and oxygen atoms in total. The van der Waals surface area contributed by atoms with Gasteiger partial charge in [-0.1, -0.05) is 51.3 Å². The molecule has 0 aliphatic heterocycles. The fraction of sp³-hybridized carbons (Fsp3) is 0.435. The summed E-state index contributed by atoms with van der Waals surface area (Å²) >= 11 is 0.679. The molecule has 0 aliphatic rings. The normalized spacial score (nSPS) is 12.1. The zero-order valence-corrected chi connectivity index (χ0v) is 19.3. The van der Waals surface area contributed by atoms with Crippen molar-refractivity contribution in [2.75, 3.05) is 49.0 Å². The second-order valence-corrected chi connectivity index (χ2v) is 9.09. The lowest BCUT2D eigenvalue weighted by molar-refractivity contribution is -1.05. The Labute approximate surface area is 193 Å². The van der Waals surface area contributed by atoms with Crippen molar-refractivity contribution in [3.8, 4) is 0 Å². The summed E-state index contributed by atoms with van der Waals surface area (Å²) in [5.41, 5.74) is 0.186. The summed E-state index contributed by atoms with van der Waals surface area (Å²) < 4.78 is 43.8. The summed E-state index contributed by atoms with van der Waals surface area (Å²) in [6.07, 6.45) is -4.20. The monoisotopic (exact) mass is 457 g/mol. The first-order valence-corrected chi connectivity index (χ1v) is 9.55. The van der Waals surface area contributed by atoms with Gasteiger partial charge in [-0.15, -0.1) is 0 Å². The molecule has 0 N–H and O–H groups in total. The molecule has 2 rings (SSSR count). The van der Waals surface area contributed by atoms with Gasteiger partial charge in [0.2, 0.25) is 6.67 Å². The van der Waals surface area contributed by atoms with Crippen molar-refractivity contribution in [3.05, 3.63) is 59.9 Å². The van der Waals surface area contributed by atoms with Crippen molar-refractivity contribution in [3.63, 3.8) is 0 Å². The highest BCUT2D eigenvalue weighted by Gasteiger charge is 2.34. The lowest BCUT2D eigenvalue weighted by Crippen LogP contribution is -2.51. The Morgan fingerprint density at radius 2 is 1.42 bits per heavy atom. The van der Waals surface area contributed by atoms with Crippen LogP contribution in [0.4, 0.5) is 13.2 Å². The Hall–Kier alpha value is -1.85. The van der Waals surface area contributed by atoms with E-state index >= 15 is 0 Å². The van der Waals surface area contributed by atoms with Gasteiger partial charge in [0.25, 0.3) is 0 Å². The molecule has 0 amide bonds. The first kappa shape index (κ1) is 31.3. The molecule has 31 heavy (non-hydrogen) atoms. The van der Waals surface area contributed by atoms with Crippen LogP contribution in [0.5, 0.6) is 0 Å². The van der Waals surface area contributed by atoms with Crippen LogP contribution in [0.15, 0.2) is 54.3 Å². The number of fused-ring (bicyclic) bond motifs is 1. The summed E-state index contributed by atoms with van der Waals surface area (Å²) in [7, 11) is 13.3. The Morgan fingerprint density at radius 3 is 1.81 bits per heavy atom. The van der Waals surface area contributed by atoms with Crippen molar-refractivity contribution >= 4 is 33.2 Å². The van der Waals surface area contributed by atoms with E-state index in [0.717, 1.165) is 19.7 Å². The molecule has 8 heteroatoms. The average Bonchev–Trinajstić information content (AvgIpc) is 2.55. The number of quaternary nitrogens is 2. The van der Waals surface area contributed by atoms with E-state index in [9.17, 15) is 18.0 Å². The molecule has 173 valence electrons. The predicted molar refractivity (Wildman–Crippen MR) is 125 cm³/mol. The standard InChI is InChI=1S/C14H9F3O2.C7H20N2.2CH4.Al.H/c15-14(16,17)13(19)8-12(18)11-6-5-9-3-1-2-4-10(9)7-11;1-8(2,3)7-9(4,5)6;;;;/h1-8,19H;7H2,1-6H3;2*1H4;;/q;+2;;;+1;/p-1. The highest BCUT2D eigenvalue weighted by Crippen LogP contribution is 2.26. The number of allylic oxidation sites excluding steroid dienone is 2. The quantitative estimate of drug-likeness (QED) is 0.159. The van der Waals surface area contributed by atoms with Crippen LogP contribution >= 0.6 is 0 Å². The van der Waals surface area contributed by atoms with E-state index in [1.165, 1.54) is 12.7 Å². The van der Waals surface area contributed by atoms with E-state index in [0.29, 0.717) is 22.7 Å². The number of rotatable bonds is 5. The van der Waals surface area contributed by atoms with Crippen LogP contribution in [-0.2, 0) is 3.79 Å². The highest BCUT2D eigenvalue weighted by molar-refractivity contribution is 6.07. The number of nitrogens with zero attached hydrogens (tertiary/aromatic N) is 2. The summed E-state index contributed by atoms with van der Waals surface area (Å²) in [5.74, 6) is -2.04. The molecule has 0 bridgehead atoms. The van der Waals surface area contributed by atoms with Gasteiger partial charge in [-0.3, -0.25) is 13.8 Å². The molecule has 1 radical (unpaired) electrons. The number of benzene rings is 2. The lowest BCUT2D eigenvalue weighted by atomic mass is 10.0. The van der Waals surface area contributed by atoms with Crippen molar-refractivity contribution in [2.45, 2.75) is 21.0 Å². The second-order valence-electron chi connectivity index (χ2n) is 8.80. The zero-order valence-electron chi connectivity index (χ0n) is 17.9. The van der Waals surface area contributed by atoms with Crippen molar-refractivity contribution in [1.82, 2.24) is 0 Å². The van der Waals surface area contributed by atoms with Gasteiger partial charge < -0.3 is 3.79 Å². The molecule has 2 aromatic rings. The summed E-state index contributed by atoms with van der Waals surface area (Å²) in [6.45, 7) is 1.17. The number of alkyl halides is 3. The number of carbonyl (C=O) groups excluding carboxylic acids is 1. The Balaban J connectivity index is 0. The van der Waals surface area contributed by atoms with Crippen molar-refractivity contribution < 1.29 is 30.7 Å². The van der Waals surface area contributed by atoms with Crippen LogP contribution in [0.25, 0.3) is 10.8 Å². The Kier molecular flexibility index (Phi) is 12.4. The number of halogens is 3. The number of hydrogen-bond donors (Lipinski definition) is 0. The molecule has 0 heterocycles. The summed E-state index contributed by atoms with van der Waals surface area (Å²) in [5, 5.41) is 1.71. The molecule has 0 atom stereocenters. The maximum atomic E-state index is 12.5. The second kappa shape index (κ2) is 12.3. The zero-order chi connectivity index (χ0) is 22.5. The van der Waals surface area contributed by atoms with Gasteiger partial charge in [0.1, 0.15) is 0 Å². The van der Waals surface area contributed by atoms with Gasteiger partial charge in [0.15, 0.2) is 11.5 Å². The maximum Gasteiger partial charge on any atom is 0.494 e. The van der Waals surface area contributed by atoms with E-state index in [2.05, 4.69) is 46.1 Å². The van der Waals surface area contributed by atoms with E-state index in [1.54, 1.807) is 24.3 Å². The largest absolute Gasteiger partial charge is 0.647 e. The van der Waals surface area contributed by atoms with E-state index in [1.807, 2.05) is 12.1 Å². The van der Waals surface area contributed by atoms with Gasteiger partial charge >= 0.3 is 22.8 Å². The first-order chi connectivity index (χ1) is 13.1. The molecule has 0 aliphatic carbocycles. The third-order valence-corrected chi connectivity index (χ3v) is 3.89. The maximum absolute atomic E-state index is 12.5. The van der Waals surface area contributed by atoms with Crippen molar-refractivity contribution in [2.24, 2.45) is 0 Å². The molecular formula is C23H37AlF3N2O2+2. The third kappa shape index (κ3) is 11.9. The Bertz CT molecular complexity index is 855. The lowest BCUT2D eigenvalue weighted by Gasteiger charge is -2.32. The molecule has 0 aromatic heterocycles. The van der Waals surface area contributed by atoms with Gasteiger partial charge in [-0.25, -0.2) is 0 Å². The number of hydrogen-bond acceptors (Lipinski definition) is 2. The number of ketones is 1. The van der Waals surface area contributed by atoms with Gasteiger partial charge in [0, 0.05) is 11.6 Å². The third-order valence-electron chi connectivity index (χ3n) is 3.58. The minimum Gasteiger partial charge on any atom is -0.647 e. The minimum absolute atomic E-state index is 0. The molecule has 0 unspecified atom stereocenters.